The van der Waals surface area contributed by atoms with Crippen molar-refractivity contribution in [3.8, 4) is 17.6 Å². The number of anilines is 1. The van der Waals surface area contributed by atoms with Gasteiger partial charge in [0.05, 0.1) is 37.2 Å². The monoisotopic (exact) mass is 541 g/mol. The number of ether oxygens (including phenoxy) is 1. The highest BCUT2D eigenvalue weighted by molar-refractivity contribution is 5.88. The van der Waals surface area contributed by atoms with Crippen molar-refractivity contribution in [3.63, 3.8) is 0 Å². The quantitative estimate of drug-likeness (QED) is 0.319. The maximum atomic E-state index is 13.4. The SMILES string of the molecule is COc1ccc2ncc(N(C)C)c([C@H](O)CCC3(CO)CCN(CC#Cc4cc(F)c(F)c(F)c4)CC3)c2c1. The van der Waals surface area contributed by atoms with Crippen LogP contribution in [0.1, 0.15) is 42.9 Å². The molecule has 0 amide bonds. The van der Waals surface area contributed by atoms with Crippen LogP contribution in [-0.2, 0) is 0 Å². The fourth-order valence-electron chi connectivity index (χ4n) is 5.16. The highest BCUT2D eigenvalue weighted by atomic mass is 19.2. The van der Waals surface area contributed by atoms with Gasteiger partial charge in [0.25, 0.3) is 0 Å². The molecule has 1 fully saturated rings. The number of rotatable bonds is 8. The van der Waals surface area contributed by atoms with Gasteiger partial charge in [-0.25, -0.2) is 13.2 Å². The molecule has 4 rings (SSSR count). The molecule has 1 aromatic heterocycles. The molecule has 2 N–H and O–H groups in total. The van der Waals surface area contributed by atoms with Crippen LogP contribution in [0.5, 0.6) is 5.75 Å². The van der Waals surface area contributed by atoms with Gasteiger partial charge in [-0.15, -0.1) is 0 Å². The van der Waals surface area contributed by atoms with Crippen molar-refractivity contribution in [3.05, 3.63) is 65.1 Å². The Labute approximate surface area is 227 Å². The topological polar surface area (TPSA) is 69.1 Å². The lowest BCUT2D eigenvalue weighted by atomic mass is 9.74. The van der Waals surface area contributed by atoms with E-state index in [4.69, 9.17) is 4.74 Å². The van der Waals surface area contributed by atoms with Gasteiger partial charge in [0.2, 0.25) is 0 Å². The smallest absolute Gasteiger partial charge is 0.194 e. The third kappa shape index (κ3) is 6.47. The fourth-order valence-corrected chi connectivity index (χ4v) is 5.16. The minimum atomic E-state index is -1.50. The van der Waals surface area contributed by atoms with Crippen molar-refractivity contribution < 1.29 is 28.1 Å². The van der Waals surface area contributed by atoms with Crippen molar-refractivity contribution in [1.29, 1.82) is 0 Å². The number of halogens is 3. The molecule has 1 saturated heterocycles. The van der Waals surface area contributed by atoms with Crippen molar-refractivity contribution in [2.75, 3.05) is 52.3 Å². The molecule has 0 radical (unpaired) electrons. The lowest BCUT2D eigenvalue weighted by Gasteiger charge is -2.40. The van der Waals surface area contributed by atoms with Gasteiger partial charge in [0.15, 0.2) is 17.5 Å². The van der Waals surface area contributed by atoms with Crippen LogP contribution in [0.3, 0.4) is 0 Å². The number of piperidine rings is 1. The van der Waals surface area contributed by atoms with Crippen LogP contribution in [0.2, 0.25) is 0 Å². The molecule has 0 spiro atoms. The molecule has 3 aromatic rings. The van der Waals surface area contributed by atoms with Gasteiger partial charge in [-0.1, -0.05) is 11.8 Å². The van der Waals surface area contributed by atoms with Gasteiger partial charge in [0.1, 0.15) is 5.75 Å². The minimum absolute atomic E-state index is 0.0127. The van der Waals surface area contributed by atoms with Crippen LogP contribution in [-0.4, -0.2) is 67.5 Å². The van der Waals surface area contributed by atoms with Crippen LogP contribution in [0.15, 0.2) is 36.5 Å². The molecule has 6 nitrogen and oxygen atoms in total. The molecule has 208 valence electrons. The highest BCUT2D eigenvalue weighted by Crippen LogP contribution is 2.41. The molecule has 0 aliphatic carbocycles. The highest BCUT2D eigenvalue weighted by Gasteiger charge is 2.34. The number of benzene rings is 2. The Kier molecular flexibility index (Phi) is 9.01. The van der Waals surface area contributed by atoms with Gasteiger partial charge in [0, 0.05) is 37.2 Å². The molecule has 0 bridgehead atoms. The summed E-state index contributed by atoms with van der Waals surface area (Å²) in [5.41, 5.74) is 2.15. The molecule has 9 heteroatoms. The first-order chi connectivity index (χ1) is 18.7. The Balaban J connectivity index is 1.42. The normalized spacial score (nSPS) is 16.0. The first kappa shape index (κ1) is 28.7. The molecule has 0 unspecified atom stereocenters. The predicted molar refractivity (Wildman–Crippen MR) is 145 cm³/mol. The molecular formula is C30H34F3N3O3. The standard InChI is InChI=1S/C30H34F3N3O3/c1-35(2)26-18-34-25-7-6-21(39-3)17-22(25)28(26)27(38)8-9-30(19-37)10-13-36(14-11-30)12-4-5-20-15-23(31)29(33)24(32)16-20/h6-7,15-18,27,37-38H,8-14,19H2,1-3H3/t27-/m1/s1. The van der Waals surface area contributed by atoms with Crippen LogP contribution in [0.4, 0.5) is 18.9 Å². The van der Waals surface area contributed by atoms with Gasteiger partial charge < -0.3 is 19.8 Å². The van der Waals surface area contributed by atoms with Crippen LogP contribution >= 0.6 is 0 Å². The summed E-state index contributed by atoms with van der Waals surface area (Å²) in [5, 5.41) is 22.6. The van der Waals surface area contributed by atoms with Gasteiger partial charge in [-0.2, -0.15) is 0 Å². The zero-order valence-corrected chi connectivity index (χ0v) is 22.5. The average Bonchev–Trinajstić information content (AvgIpc) is 2.94. The molecule has 0 saturated carbocycles. The summed E-state index contributed by atoms with van der Waals surface area (Å²) in [4.78, 5) is 8.59. The first-order valence-corrected chi connectivity index (χ1v) is 12.9. The maximum absolute atomic E-state index is 13.4. The second-order valence-electron chi connectivity index (χ2n) is 10.4. The van der Waals surface area contributed by atoms with E-state index in [9.17, 15) is 23.4 Å². The number of aromatic nitrogens is 1. The van der Waals surface area contributed by atoms with Crippen LogP contribution in [0.25, 0.3) is 10.9 Å². The fraction of sp³-hybridized carbons (Fsp3) is 0.433. The van der Waals surface area contributed by atoms with Crippen molar-refractivity contribution in [1.82, 2.24) is 9.88 Å². The maximum Gasteiger partial charge on any atom is 0.194 e. The van der Waals surface area contributed by atoms with Gasteiger partial charge in [-0.3, -0.25) is 9.88 Å². The van der Waals surface area contributed by atoms with Crippen LogP contribution < -0.4 is 9.64 Å². The summed E-state index contributed by atoms with van der Waals surface area (Å²) in [6.45, 7) is 1.78. The van der Waals surface area contributed by atoms with E-state index < -0.39 is 23.6 Å². The molecule has 2 heterocycles. The number of fused-ring (bicyclic) bond motifs is 1. The van der Waals surface area contributed by atoms with E-state index in [1.807, 2.05) is 37.2 Å². The van der Waals surface area contributed by atoms with E-state index >= 15 is 0 Å². The van der Waals surface area contributed by atoms with Gasteiger partial charge in [-0.05, 0) is 74.5 Å². The Hall–Kier alpha value is -3.32. The molecule has 39 heavy (non-hydrogen) atoms. The van der Waals surface area contributed by atoms with Crippen molar-refractivity contribution in [2.45, 2.75) is 31.8 Å². The summed E-state index contributed by atoms with van der Waals surface area (Å²) in [7, 11) is 5.43. The number of pyridine rings is 1. The predicted octanol–water partition coefficient (Wildman–Crippen LogP) is 4.67. The Morgan fingerprint density at radius 1 is 1.13 bits per heavy atom. The third-order valence-corrected chi connectivity index (χ3v) is 7.63. The minimum Gasteiger partial charge on any atom is -0.497 e. The number of aliphatic hydroxyl groups excluding tert-OH is 2. The number of nitrogens with zero attached hydrogens (tertiary/aromatic N) is 3. The Bertz CT molecular complexity index is 1360. The second-order valence-corrected chi connectivity index (χ2v) is 10.4. The number of methoxy groups -OCH3 is 1. The zero-order chi connectivity index (χ0) is 28.2. The number of aliphatic hydroxyl groups is 2. The van der Waals surface area contributed by atoms with Crippen LogP contribution in [0, 0.1) is 34.7 Å². The number of likely N-dealkylation sites (tertiary alicyclic amines) is 1. The largest absolute Gasteiger partial charge is 0.497 e. The van der Waals surface area contributed by atoms with E-state index in [1.165, 1.54) is 0 Å². The third-order valence-electron chi connectivity index (χ3n) is 7.63. The van der Waals surface area contributed by atoms with E-state index in [0.29, 0.717) is 38.2 Å². The zero-order valence-electron chi connectivity index (χ0n) is 22.5. The number of hydrogen-bond acceptors (Lipinski definition) is 6. The summed E-state index contributed by atoms with van der Waals surface area (Å²) in [5.74, 6) is 2.26. The van der Waals surface area contributed by atoms with Gasteiger partial charge >= 0.3 is 0 Å². The van der Waals surface area contributed by atoms with Crippen molar-refractivity contribution in [2.24, 2.45) is 5.41 Å². The van der Waals surface area contributed by atoms with E-state index in [-0.39, 0.29) is 17.6 Å². The lowest BCUT2D eigenvalue weighted by Crippen LogP contribution is -2.42. The summed E-state index contributed by atoms with van der Waals surface area (Å²) in [6, 6.07) is 7.38. The van der Waals surface area contributed by atoms with E-state index in [0.717, 1.165) is 47.1 Å². The second kappa shape index (κ2) is 12.2. The first-order valence-electron chi connectivity index (χ1n) is 12.9. The van der Waals surface area contributed by atoms with E-state index in [1.54, 1.807) is 13.3 Å². The summed E-state index contributed by atoms with van der Waals surface area (Å²) < 4.78 is 45.4. The molecule has 1 aliphatic rings. The molecule has 1 atom stereocenters. The number of hydrogen-bond donors (Lipinski definition) is 2. The molecule has 1 aliphatic heterocycles. The van der Waals surface area contributed by atoms with E-state index in [2.05, 4.69) is 21.7 Å². The molecule has 2 aromatic carbocycles. The Morgan fingerprint density at radius 2 is 1.82 bits per heavy atom. The average molecular weight is 542 g/mol. The Morgan fingerprint density at radius 3 is 2.44 bits per heavy atom. The lowest BCUT2D eigenvalue weighted by molar-refractivity contribution is 0.0274. The summed E-state index contributed by atoms with van der Waals surface area (Å²) >= 11 is 0. The van der Waals surface area contributed by atoms with Crippen molar-refractivity contribution >= 4 is 16.6 Å². The molecular weight excluding hydrogens is 507 g/mol. The summed E-state index contributed by atoms with van der Waals surface area (Å²) in [6.07, 6.45) is 3.57.